The van der Waals surface area contributed by atoms with E-state index in [0.717, 1.165) is 5.56 Å². The molecule has 0 unspecified atom stereocenters. The van der Waals surface area contributed by atoms with Gasteiger partial charge in [0.1, 0.15) is 5.75 Å². The molecular weight excluding hydrogens is 240 g/mol. The first-order valence-electron chi connectivity index (χ1n) is 5.94. The molecular formula is C16H14O3. The van der Waals surface area contributed by atoms with Crippen LogP contribution in [0.15, 0.2) is 42.5 Å². The van der Waals surface area contributed by atoms with Crippen LogP contribution in [0.1, 0.15) is 38.8 Å². The minimum absolute atomic E-state index is 0.115. The Bertz CT molecular complexity index is 640. The molecule has 0 aromatic heterocycles. The van der Waals surface area contributed by atoms with Crippen LogP contribution in [0.4, 0.5) is 0 Å². The van der Waals surface area contributed by atoms with E-state index in [0.29, 0.717) is 11.1 Å². The third kappa shape index (κ3) is 2.71. The van der Waals surface area contributed by atoms with Crippen LogP contribution >= 0.6 is 0 Å². The Hall–Kier alpha value is -2.42. The molecule has 0 aliphatic carbocycles. The van der Waals surface area contributed by atoms with Crippen LogP contribution in [0.3, 0.4) is 0 Å². The summed E-state index contributed by atoms with van der Waals surface area (Å²) < 4.78 is 0. The molecule has 0 aliphatic rings. The monoisotopic (exact) mass is 254 g/mol. The van der Waals surface area contributed by atoms with E-state index in [9.17, 15) is 14.7 Å². The molecule has 0 atom stereocenters. The molecule has 2 aromatic rings. The SMILES string of the molecule is CC(=O)c1ccc(O)c(C(=O)c2ccc(C)cc2)c1. The summed E-state index contributed by atoms with van der Waals surface area (Å²) in [6.07, 6.45) is 0. The molecule has 0 spiro atoms. The second kappa shape index (κ2) is 5.06. The fourth-order valence-electron chi connectivity index (χ4n) is 1.80. The van der Waals surface area contributed by atoms with Crippen molar-refractivity contribution in [3.8, 4) is 5.75 Å². The largest absolute Gasteiger partial charge is 0.507 e. The zero-order valence-corrected chi connectivity index (χ0v) is 10.8. The van der Waals surface area contributed by atoms with Gasteiger partial charge in [0.25, 0.3) is 0 Å². The minimum Gasteiger partial charge on any atom is -0.507 e. The Labute approximate surface area is 111 Å². The zero-order chi connectivity index (χ0) is 14.0. The van der Waals surface area contributed by atoms with Crippen molar-refractivity contribution in [2.24, 2.45) is 0 Å². The van der Waals surface area contributed by atoms with E-state index in [4.69, 9.17) is 0 Å². The number of aryl methyl sites for hydroxylation is 1. The summed E-state index contributed by atoms with van der Waals surface area (Å²) in [5, 5.41) is 9.77. The molecule has 0 saturated carbocycles. The van der Waals surface area contributed by atoms with Crippen LogP contribution < -0.4 is 0 Å². The van der Waals surface area contributed by atoms with Crippen LogP contribution in [0.2, 0.25) is 0 Å². The Morgan fingerprint density at radius 2 is 1.53 bits per heavy atom. The zero-order valence-electron chi connectivity index (χ0n) is 10.8. The Balaban J connectivity index is 2.46. The van der Waals surface area contributed by atoms with Crippen molar-refractivity contribution in [1.82, 2.24) is 0 Å². The second-order valence-corrected chi connectivity index (χ2v) is 4.48. The first kappa shape index (κ1) is 13.0. The van der Waals surface area contributed by atoms with Gasteiger partial charge in [-0.25, -0.2) is 0 Å². The summed E-state index contributed by atoms with van der Waals surface area (Å²) in [5.74, 6) is -0.547. The van der Waals surface area contributed by atoms with E-state index < -0.39 is 0 Å². The van der Waals surface area contributed by atoms with Crippen molar-refractivity contribution in [1.29, 1.82) is 0 Å². The number of phenols is 1. The number of phenolic OH excluding ortho intramolecular Hbond substituents is 1. The molecule has 3 heteroatoms. The van der Waals surface area contributed by atoms with Crippen LogP contribution in [-0.4, -0.2) is 16.7 Å². The number of hydrogen-bond donors (Lipinski definition) is 1. The smallest absolute Gasteiger partial charge is 0.196 e. The quantitative estimate of drug-likeness (QED) is 0.856. The van der Waals surface area contributed by atoms with Crippen molar-refractivity contribution in [3.63, 3.8) is 0 Å². The fraction of sp³-hybridized carbons (Fsp3) is 0.125. The van der Waals surface area contributed by atoms with Crippen LogP contribution in [0.25, 0.3) is 0 Å². The molecule has 0 bridgehead atoms. The lowest BCUT2D eigenvalue weighted by molar-refractivity contribution is 0.101. The van der Waals surface area contributed by atoms with Crippen LogP contribution in [-0.2, 0) is 0 Å². The second-order valence-electron chi connectivity index (χ2n) is 4.48. The number of ketones is 2. The molecule has 0 heterocycles. The molecule has 0 fully saturated rings. The number of benzene rings is 2. The van der Waals surface area contributed by atoms with Gasteiger partial charge in [0.05, 0.1) is 5.56 Å². The minimum atomic E-state index is -0.291. The van der Waals surface area contributed by atoms with E-state index in [-0.39, 0.29) is 22.9 Å². The van der Waals surface area contributed by atoms with Gasteiger partial charge in [0, 0.05) is 11.1 Å². The summed E-state index contributed by atoms with van der Waals surface area (Å²) in [4.78, 5) is 23.6. The summed E-state index contributed by atoms with van der Waals surface area (Å²) in [6, 6.07) is 11.4. The number of hydrogen-bond acceptors (Lipinski definition) is 3. The first-order valence-corrected chi connectivity index (χ1v) is 5.94. The highest BCUT2D eigenvalue weighted by Crippen LogP contribution is 2.22. The lowest BCUT2D eigenvalue weighted by Gasteiger charge is -2.06. The maximum absolute atomic E-state index is 12.3. The predicted octanol–water partition coefficient (Wildman–Crippen LogP) is 3.13. The van der Waals surface area contributed by atoms with Gasteiger partial charge in [-0.15, -0.1) is 0 Å². The van der Waals surface area contributed by atoms with Gasteiger partial charge in [-0.3, -0.25) is 9.59 Å². The first-order chi connectivity index (χ1) is 8.99. The topological polar surface area (TPSA) is 54.4 Å². The van der Waals surface area contributed by atoms with E-state index in [1.807, 2.05) is 19.1 Å². The highest BCUT2D eigenvalue weighted by Gasteiger charge is 2.15. The molecule has 1 N–H and O–H groups in total. The van der Waals surface area contributed by atoms with Crippen molar-refractivity contribution >= 4 is 11.6 Å². The number of carbonyl (C=O) groups is 2. The van der Waals surface area contributed by atoms with Gasteiger partial charge >= 0.3 is 0 Å². The van der Waals surface area contributed by atoms with Gasteiger partial charge in [-0.05, 0) is 32.0 Å². The highest BCUT2D eigenvalue weighted by molar-refractivity contribution is 6.11. The van der Waals surface area contributed by atoms with Gasteiger partial charge < -0.3 is 5.11 Å². The van der Waals surface area contributed by atoms with E-state index >= 15 is 0 Å². The molecule has 96 valence electrons. The van der Waals surface area contributed by atoms with Gasteiger partial charge in [0.2, 0.25) is 0 Å². The Morgan fingerprint density at radius 1 is 0.947 bits per heavy atom. The molecule has 19 heavy (non-hydrogen) atoms. The normalized spacial score (nSPS) is 10.2. The lowest BCUT2D eigenvalue weighted by atomic mass is 9.98. The van der Waals surface area contributed by atoms with Gasteiger partial charge in [0.15, 0.2) is 11.6 Å². The average Bonchev–Trinajstić information content (AvgIpc) is 2.39. The Morgan fingerprint density at radius 3 is 2.11 bits per heavy atom. The summed E-state index contributed by atoms with van der Waals surface area (Å²) in [6.45, 7) is 3.36. The summed E-state index contributed by atoms with van der Waals surface area (Å²) in [7, 11) is 0. The third-order valence-corrected chi connectivity index (χ3v) is 2.96. The van der Waals surface area contributed by atoms with E-state index in [2.05, 4.69) is 0 Å². The molecule has 0 radical (unpaired) electrons. The van der Waals surface area contributed by atoms with Crippen molar-refractivity contribution < 1.29 is 14.7 Å². The third-order valence-electron chi connectivity index (χ3n) is 2.96. The Kier molecular flexibility index (Phi) is 3.47. The maximum Gasteiger partial charge on any atom is 0.196 e. The van der Waals surface area contributed by atoms with Gasteiger partial charge in [-0.1, -0.05) is 29.8 Å². The summed E-state index contributed by atoms with van der Waals surface area (Å²) in [5.41, 5.74) is 2.10. The lowest BCUT2D eigenvalue weighted by Crippen LogP contribution is -2.04. The van der Waals surface area contributed by atoms with Crippen LogP contribution in [0.5, 0.6) is 5.75 Å². The standard InChI is InChI=1S/C16H14O3/c1-10-3-5-12(6-4-10)16(19)14-9-13(11(2)17)7-8-15(14)18/h3-9,18H,1-2H3. The maximum atomic E-state index is 12.3. The van der Waals surface area contributed by atoms with Gasteiger partial charge in [-0.2, -0.15) is 0 Å². The number of aromatic hydroxyl groups is 1. The fourth-order valence-corrected chi connectivity index (χ4v) is 1.80. The number of carbonyl (C=O) groups excluding carboxylic acids is 2. The van der Waals surface area contributed by atoms with E-state index in [1.54, 1.807) is 12.1 Å². The van der Waals surface area contributed by atoms with Crippen LogP contribution in [0, 0.1) is 6.92 Å². The molecule has 0 aliphatic heterocycles. The molecule has 2 rings (SSSR count). The average molecular weight is 254 g/mol. The number of rotatable bonds is 3. The predicted molar refractivity (Wildman–Crippen MR) is 72.7 cm³/mol. The van der Waals surface area contributed by atoms with Crippen molar-refractivity contribution in [2.75, 3.05) is 0 Å². The number of Topliss-reactive ketones (excluding diaryl/α,β-unsaturated/α-hetero) is 1. The van der Waals surface area contributed by atoms with Crippen molar-refractivity contribution in [3.05, 3.63) is 64.7 Å². The highest BCUT2D eigenvalue weighted by atomic mass is 16.3. The van der Waals surface area contributed by atoms with Crippen molar-refractivity contribution in [2.45, 2.75) is 13.8 Å². The molecule has 3 nitrogen and oxygen atoms in total. The summed E-state index contributed by atoms with van der Waals surface area (Å²) >= 11 is 0. The molecule has 2 aromatic carbocycles. The molecule has 0 amide bonds. The molecule has 0 saturated heterocycles. The van der Waals surface area contributed by atoms with E-state index in [1.165, 1.54) is 25.1 Å².